The van der Waals surface area contributed by atoms with Crippen LogP contribution in [0.4, 0.5) is 10.1 Å². The molecule has 1 aliphatic rings. The van der Waals surface area contributed by atoms with Gasteiger partial charge in [0.1, 0.15) is 17.6 Å². The molecule has 2 amide bonds. The largest absolute Gasteiger partial charge is 0.493 e. The molecule has 148 valence electrons. The van der Waals surface area contributed by atoms with Crippen molar-refractivity contribution in [1.82, 2.24) is 4.90 Å². The number of carbonyl (C=O) groups excluding carboxylic acids is 2. The van der Waals surface area contributed by atoms with E-state index in [1.165, 1.54) is 28.8 Å². The maximum absolute atomic E-state index is 13.8. The van der Waals surface area contributed by atoms with Gasteiger partial charge < -0.3 is 15.0 Å². The first kappa shape index (κ1) is 20.2. The van der Waals surface area contributed by atoms with Crippen molar-refractivity contribution in [3.05, 3.63) is 59.4 Å². The number of carbonyl (C=O) groups is 2. The van der Waals surface area contributed by atoms with Crippen molar-refractivity contribution in [1.29, 1.82) is 0 Å². The van der Waals surface area contributed by atoms with Gasteiger partial charge in [-0.05, 0) is 43.2 Å². The van der Waals surface area contributed by atoms with Crippen molar-refractivity contribution >= 4 is 29.3 Å². The molecule has 0 spiro atoms. The Morgan fingerprint density at radius 1 is 1.21 bits per heavy atom. The number of halogens is 1. The van der Waals surface area contributed by atoms with Crippen LogP contribution < -0.4 is 10.1 Å². The van der Waals surface area contributed by atoms with Crippen LogP contribution in [0.25, 0.3) is 0 Å². The first-order valence-electron chi connectivity index (χ1n) is 9.09. The van der Waals surface area contributed by atoms with Gasteiger partial charge in [0.25, 0.3) is 0 Å². The Hall–Kier alpha value is -2.54. The predicted octanol–water partition coefficient (Wildman–Crippen LogP) is 3.75. The zero-order valence-electron chi connectivity index (χ0n) is 15.9. The minimum Gasteiger partial charge on any atom is -0.493 e. The average molecular weight is 402 g/mol. The third kappa shape index (κ3) is 4.65. The molecule has 1 fully saturated rings. The van der Waals surface area contributed by atoms with E-state index in [4.69, 9.17) is 4.74 Å². The van der Waals surface area contributed by atoms with E-state index in [0.717, 1.165) is 16.9 Å². The van der Waals surface area contributed by atoms with Gasteiger partial charge in [0.2, 0.25) is 11.8 Å². The fourth-order valence-electron chi connectivity index (χ4n) is 2.96. The molecule has 1 saturated heterocycles. The lowest BCUT2D eigenvalue weighted by Crippen LogP contribution is -2.45. The van der Waals surface area contributed by atoms with E-state index < -0.39 is 11.9 Å². The molecule has 0 aliphatic carbocycles. The quantitative estimate of drug-likeness (QED) is 0.800. The summed E-state index contributed by atoms with van der Waals surface area (Å²) in [5.74, 6) is 0.670. The SMILES string of the molecule is Cc1cccc(OCCC(=O)N2CSCC2C(=O)Nc2ccccc2F)c1C. The molecule has 2 aromatic carbocycles. The van der Waals surface area contributed by atoms with Crippen LogP contribution in [0.2, 0.25) is 0 Å². The van der Waals surface area contributed by atoms with Crippen molar-refractivity contribution in [2.24, 2.45) is 0 Å². The topological polar surface area (TPSA) is 58.6 Å². The van der Waals surface area contributed by atoms with Gasteiger partial charge in [-0.15, -0.1) is 11.8 Å². The summed E-state index contributed by atoms with van der Waals surface area (Å²) in [5.41, 5.74) is 2.30. The Bertz CT molecular complexity index is 874. The molecule has 3 rings (SSSR count). The molecule has 7 heteroatoms. The standard InChI is InChI=1S/C21H23FN2O3S/c1-14-6-5-9-19(15(14)2)27-11-10-20(25)24-13-28-12-18(24)21(26)23-17-8-4-3-7-16(17)22/h3-9,18H,10-13H2,1-2H3,(H,23,26). The Morgan fingerprint density at radius 3 is 2.79 bits per heavy atom. The normalized spacial score (nSPS) is 16.1. The number of nitrogens with zero attached hydrogens (tertiary/aromatic N) is 1. The Morgan fingerprint density at radius 2 is 2.00 bits per heavy atom. The molecule has 0 radical (unpaired) electrons. The maximum Gasteiger partial charge on any atom is 0.248 e. The highest BCUT2D eigenvalue weighted by atomic mass is 32.2. The highest BCUT2D eigenvalue weighted by Gasteiger charge is 2.34. The second-order valence-electron chi connectivity index (χ2n) is 6.64. The summed E-state index contributed by atoms with van der Waals surface area (Å²) in [6.07, 6.45) is 0.178. The summed E-state index contributed by atoms with van der Waals surface area (Å²) < 4.78 is 19.5. The fourth-order valence-corrected chi connectivity index (χ4v) is 4.14. The number of hydrogen-bond donors (Lipinski definition) is 1. The number of aryl methyl sites for hydroxylation is 1. The van der Waals surface area contributed by atoms with E-state index in [1.54, 1.807) is 12.1 Å². The molecule has 1 aliphatic heterocycles. The Kier molecular flexibility index (Phi) is 6.57. The summed E-state index contributed by atoms with van der Waals surface area (Å²) >= 11 is 1.51. The number of rotatable bonds is 6. The molecule has 0 aromatic heterocycles. The lowest BCUT2D eigenvalue weighted by atomic mass is 10.1. The zero-order chi connectivity index (χ0) is 20.1. The third-order valence-corrected chi connectivity index (χ3v) is 5.78. The van der Waals surface area contributed by atoms with Crippen LogP contribution in [0, 0.1) is 19.7 Å². The van der Waals surface area contributed by atoms with Crippen molar-refractivity contribution in [2.75, 3.05) is 23.6 Å². The second kappa shape index (κ2) is 9.10. The van der Waals surface area contributed by atoms with Crippen molar-refractivity contribution in [3.63, 3.8) is 0 Å². The molecule has 28 heavy (non-hydrogen) atoms. The molecule has 1 atom stereocenters. The van der Waals surface area contributed by atoms with Crippen LogP contribution in [-0.4, -0.2) is 41.0 Å². The number of anilines is 1. The Labute approximate surface area is 168 Å². The van der Waals surface area contributed by atoms with Gasteiger partial charge in [0.05, 0.1) is 24.6 Å². The van der Waals surface area contributed by atoms with Crippen LogP contribution in [0.15, 0.2) is 42.5 Å². The minimum atomic E-state index is -0.613. The summed E-state index contributed by atoms with van der Waals surface area (Å²) in [6.45, 7) is 4.23. The summed E-state index contributed by atoms with van der Waals surface area (Å²) in [7, 11) is 0. The first-order valence-corrected chi connectivity index (χ1v) is 10.2. The summed E-state index contributed by atoms with van der Waals surface area (Å²) in [6, 6.07) is 11.2. The number of ether oxygens (including phenoxy) is 1. The van der Waals surface area contributed by atoms with Crippen LogP contribution >= 0.6 is 11.8 Å². The third-order valence-electron chi connectivity index (χ3n) is 4.77. The first-order chi connectivity index (χ1) is 13.5. The lowest BCUT2D eigenvalue weighted by molar-refractivity contribution is -0.136. The Balaban J connectivity index is 1.56. The van der Waals surface area contributed by atoms with Gasteiger partial charge in [0, 0.05) is 5.75 Å². The van der Waals surface area contributed by atoms with E-state index in [-0.39, 0.29) is 30.5 Å². The molecule has 0 saturated carbocycles. The van der Waals surface area contributed by atoms with Crippen molar-refractivity contribution in [3.8, 4) is 5.75 Å². The zero-order valence-corrected chi connectivity index (χ0v) is 16.7. The van der Waals surface area contributed by atoms with Crippen LogP contribution in [0.1, 0.15) is 17.5 Å². The molecule has 1 N–H and O–H groups in total. The molecule has 2 aromatic rings. The molecule has 1 unspecified atom stereocenters. The second-order valence-corrected chi connectivity index (χ2v) is 7.64. The van der Waals surface area contributed by atoms with Crippen LogP contribution in [0.3, 0.4) is 0 Å². The van der Waals surface area contributed by atoms with Crippen molar-refractivity contribution in [2.45, 2.75) is 26.3 Å². The fraction of sp³-hybridized carbons (Fsp3) is 0.333. The highest BCUT2D eigenvalue weighted by molar-refractivity contribution is 7.99. The molecular weight excluding hydrogens is 379 g/mol. The number of para-hydroxylation sites is 1. The molecule has 1 heterocycles. The molecule has 5 nitrogen and oxygen atoms in total. The molecule has 0 bridgehead atoms. The van der Waals surface area contributed by atoms with Gasteiger partial charge in [-0.1, -0.05) is 24.3 Å². The van der Waals surface area contributed by atoms with Gasteiger partial charge in [-0.3, -0.25) is 9.59 Å². The monoisotopic (exact) mass is 402 g/mol. The van der Waals surface area contributed by atoms with Crippen molar-refractivity contribution < 1.29 is 18.7 Å². The number of thioether (sulfide) groups is 1. The van der Waals surface area contributed by atoms with E-state index in [9.17, 15) is 14.0 Å². The predicted molar refractivity (Wildman–Crippen MR) is 109 cm³/mol. The minimum absolute atomic E-state index is 0.120. The van der Waals surface area contributed by atoms with E-state index in [2.05, 4.69) is 5.32 Å². The van der Waals surface area contributed by atoms with Crippen LogP contribution in [-0.2, 0) is 9.59 Å². The van der Waals surface area contributed by atoms with E-state index >= 15 is 0 Å². The maximum atomic E-state index is 13.8. The smallest absolute Gasteiger partial charge is 0.248 e. The summed E-state index contributed by atoms with van der Waals surface area (Å²) in [5, 5.41) is 2.58. The number of nitrogens with one attached hydrogen (secondary N) is 1. The van der Waals surface area contributed by atoms with Gasteiger partial charge in [0.15, 0.2) is 0 Å². The van der Waals surface area contributed by atoms with Gasteiger partial charge in [-0.25, -0.2) is 4.39 Å². The van der Waals surface area contributed by atoms with Crippen LogP contribution in [0.5, 0.6) is 5.75 Å². The number of hydrogen-bond acceptors (Lipinski definition) is 4. The van der Waals surface area contributed by atoms with Gasteiger partial charge >= 0.3 is 0 Å². The van der Waals surface area contributed by atoms with Gasteiger partial charge in [-0.2, -0.15) is 0 Å². The average Bonchev–Trinajstić information content (AvgIpc) is 3.17. The lowest BCUT2D eigenvalue weighted by Gasteiger charge is -2.23. The summed E-state index contributed by atoms with van der Waals surface area (Å²) in [4.78, 5) is 26.7. The van der Waals surface area contributed by atoms with E-state index in [0.29, 0.717) is 11.6 Å². The molecular formula is C21H23FN2O3S. The number of amides is 2. The van der Waals surface area contributed by atoms with E-state index in [1.807, 2.05) is 32.0 Å². The highest BCUT2D eigenvalue weighted by Crippen LogP contribution is 2.24. The number of benzene rings is 2.